The predicted octanol–water partition coefficient (Wildman–Crippen LogP) is 2.56. The summed E-state index contributed by atoms with van der Waals surface area (Å²) in [6.45, 7) is 0. The summed E-state index contributed by atoms with van der Waals surface area (Å²) >= 11 is 0. The standard InChI is InChI=1S/C11H20O2/c1-13-11(9-12)8-7-10-5-3-2-4-6-10/h9-11H,2-8H2,1H3. The van der Waals surface area contributed by atoms with E-state index < -0.39 is 0 Å². The van der Waals surface area contributed by atoms with Crippen LogP contribution in [0.2, 0.25) is 0 Å². The Morgan fingerprint density at radius 3 is 2.62 bits per heavy atom. The maximum absolute atomic E-state index is 10.5. The topological polar surface area (TPSA) is 26.3 Å². The molecule has 0 aromatic rings. The molecule has 0 saturated heterocycles. The van der Waals surface area contributed by atoms with Gasteiger partial charge in [0.05, 0.1) is 0 Å². The summed E-state index contributed by atoms with van der Waals surface area (Å²) in [4.78, 5) is 10.5. The van der Waals surface area contributed by atoms with E-state index in [0.717, 1.165) is 25.0 Å². The van der Waals surface area contributed by atoms with E-state index >= 15 is 0 Å². The summed E-state index contributed by atoms with van der Waals surface area (Å²) in [5.74, 6) is 0.853. The van der Waals surface area contributed by atoms with Gasteiger partial charge in [0.15, 0.2) is 0 Å². The van der Waals surface area contributed by atoms with Gasteiger partial charge in [-0.3, -0.25) is 0 Å². The first kappa shape index (κ1) is 10.7. The lowest BCUT2D eigenvalue weighted by Crippen LogP contribution is -2.15. The van der Waals surface area contributed by atoms with Gasteiger partial charge in [0.2, 0.25) is 0 Å². The van der Waals surface area contributed by atoms with Gasteiger partial charge in [-0.05, 0) is 18.8 Å². The number of carbonyl (C=O) groups is 1. The number of rotatable bonds is 5. The van der Waals surface area contributed by atoms with Gasteiger partial charge in [-0.15, -0.1) is 0 Å². The first-order valence-electron chi connectivity index (χ1n) is 5.35. The number of aldehydes is 1. The molecule has 1 fully saturated rings. The van der Waals surface area contributed by atoms with Crippen molar-refractivity contribution in [1.29, 1.82) is 0 Å². The van der Waals surface area contributed by atoms with E-state index in [4.69, 9.17) is 4.74 Å². The van der Waals surface area contributed by atoms with E-state index in [9.17, 15) is 4.79 Å². The highest BCUT2D eigenvalue weighted by molar-refractivity contribution is 5.55. The van der Waals surface area contributed by atoms with Gasteiger partial charge in [0, 0.05) is 7.11 Å². The molecule has 0 radical (unpaired) electrons. The van der Waals surface area contributed by atoms with Crippen molar-refractivity contribution in [2.75, 3.05) is 7.11 Å². The minimum absolute atomic E-state index is 0.165. The molecule has 2 nitrogen and oxygen atoms in total. The van der Waals surface area contributed by atoms with Crippen molar-refractivity contribution in [3.63, 3.8) is 0 Å². The van der Waals surface area contributed by atoms with E-state index in [1.807, 2.05) is 0 Å². The van der Waals surface area contributed by atoms with Crippen molar-refractivity contribution in [2.45, 2.75) is 51.0 Å². The van der Waals surface area contributed by atoms with Gasteiger partial charge >= 0.3 is 0 Å². The molecule has 2 heteroatoms. The number of methoxy groups -OCH3 is 1. The highest BCUT2D eigenvalue weighted by Gasteiger charge is 2.15. The average Bonchev–Trinajstić information content (AvgIpc) is 2.21. The van der Waals surface area contributed by atoms with Crippen molar-refractivity contribution in [3.8, 4) is 0 Å². The van der Waals surface area contributed by atoms with Crippen LogP contribution in [0.4, 0.5) is 0 Å². The summed E-state index contributed by atoms with van der Waals surface area (Å²) in [5, 5.41) is 0. The second-order valence-electron chi connectivity index (χ2n) is 3.99. The molecule has 1 aliphatic rings. The Hall–Kier alpha value is -0.370. The molecule has 0 aliphatic heterocycles. The maximum atomic E-state index is 10.5. The monoisotopic (exact) mass is 184 g/mol. The second kappa shape index (κ2) is 6.14. The van der Waals surface area contributed by atoms with Crippen LogP contribution < -0.4 is 0 Å². The normalized spacial score (nSPS) is 21.3. The number of hydrogen-bond donors (Lipinski definition) is 0. The van der Waals surface area contributed by atoms with E-state index in [2.05, 4.69) is 0 Å². The Morgan fingerprint density at radius 2 is 2.08 bits per heavy atom. The SMILES string of the molecule is COC(C=O)CCC1CCCCC1. The van der Waals surface area contributed by atoms with Crippen molar-refractivity contribution in [3.05, 3.63) is 0 Å². The van der Waals surface area contributed by atoms with E-state index in [-0.39, 0.29) is 6.10 Å². The third kappa shape index (κ3) is 3.90. The molecular weight excluding hydrogens is 164 g/mol. The predicted molar refractivity (Wildman–Crippen MR) is 52.7 cm³/mol. The highest BCUT2D eigenvalue weighted by Crippen LogP contribution is 2.27. The third-order valence-electron chi connectivity index (χ3n) is 3.04. The fraction of sp³-hybridized carbons (Fsp3) is 0.909. The van der Waals surface area contributed by atoms with Crippen molar-refractivity contribution >= 4 is 6.29 Å². The van der Waals surface area contributed by atoms with E-state index in [0.29, 0.717) is 0 Å². The fourth-order valence-electron chi connectivity index (χ4n) is 2.12. The van der Waals surface area contributed by atoms with Crippen LogP contribution >= 0.6 is 0 Å². The smallest absolute Gasteiger partial charge is 0.148 e. The lowest BCUT2D eigenvalue weighted by atomic mass is 9.85. The van der Waals surface area contributed by atoms with Gasteiger partial charge in [0.1, 0.15) is 12.4 Å². The third-order valence-corrected chi connectivity index (χ3v) is 3.04. The van der Waals surface area contributed by atoms with Crippen molar-refractivity contribution in [2.24, 2.45) is 5.92 Å². The molecule has 1 aliphatic carbocycles. The van der Waals surface area contributed by atoms with Gasteiger partial charge in [-0.2, -0.15) is 0 Å². The van der Waals surface area contributed by atoms with Gasteiger partial charge in [0.25, 0.3) is 0 Å². The fourth-order valence-corrected chi connectivity index (χ4v) is 2.12. The van der Waals surface area contributed by atoms with E-state index in [1.54, 1.807) is 7.11 Å². The molecule has 1 unspecified atom stereocenters. The molecule has 0 aromatic heterocycles. The lowest BCUT2D eigenvalue weighted by molar-refractivity contribution is -0.116. The molecule has 0 N–H and O–H groups in total. The molecular formula is C11H20O2. The molecule has 1 atom stereocenters. The minimum Gasteiger partial charge on any atom is -0.374 e. The highest BCUT2D eigenvalue weighted by atomic mass is 16.5. The quantitative estimate of drug-likeness (QED) is 0.614. The molecule has 0 heterocycles. The Morgan fingerprint density at radius 1 is 1.38 bits per heavy atom. The number of ether oxygens (including phenoxy) is 1. The van der Waals surface area contributed by atoms with Crippen molar-refractivity contribution in [1.82, 2.24) is 0 Å². The molecule has 1 rings (SSSR count). The zero-order valence-corrected chi connectivity index (χ0v) is 8.50. The largest absolute Gasteiger partial charge is 0.374 e. The summed E-state index contributed by atoms with van der Waals surface area (Å²) in [6, 6.07) is 0. The van der Waals surface area contributed by atoms with Gasteiger partial charge in [-0.1, -0.05) is 32.1 Å². The number of hydrogen-bond acceptors (Lipinski definition) is 2. The Bertz CT molecular complexity index is 139. The Kier molecular flexibility index (Phi) is 5.06. The maximum Gasteiger partial charge on any atom is 0.148 e. The molecule has 0 bridgehead atoms. The number of carbonyl (C=O) groups excluding carboxylic acids is 1. The summed E-state index contributed by atoms with van der Waals surface area (Å²) in [5.41, 5.74) is 0. The first-order valence-corrected chi connectivity index (χ1v) is 5.35. The summed E-state index contributed by atoms with van der Waals surface area (Å²) in [7, 11) is 1.61. The van der Waals surface area contributed by atoms with Crippen LogP contribution in [-0.2, 0) is 9.53 Å². The Balaban J connectivity index is 2.12. The van der Waals surface area contributed by atoms with Crippen LogP contribution in [0.3, 0.4) is 0 Å². The van der Waals surface area contributed by atoms with Crippen LogP contribution in [0, 0.1) is 5.92 Å². The lowest BCUT2D eigenvalue weighted by Gasteiger charge is -2.22. The average molecular weight is 184 g/mol. The van der Waals surface area contributed by atoms with Crippen LogP contribution in [0.1, 0.15) is 44.9 Å². The van der Waals surface area contributed by atoms with Crippen LogP contribution in [0.25, 0.3) is 0 Å². The van der Waals surface area contributed by atoms with Crippen LogP contribution in [0.15, 0.2) is 0 Å². The van der Waals surface area contributed by atoms with Crippen LogP contribution in [0.5, 0.6) is 0 Å². The summed E-state index contributed by atoms with van der Waals surface area (Å²) < 4.78 is 5.02. The Labute approximate surface area is 80.7 Å². The zero-order valence-electron chi connectivity index (χ0n) is 8.50. The minimum atomic E-state index is -0.165. The zero-order chi connectivity index (χ0) is 9.52. The first-order chi connectivity index (χ1) is 6.36. The van der Waals surface area contributed by atoms with Gasteiger partial charge in [-0.25, -0.2) is 0 Å². The van der Waals surface area contributed by atoms with E-state index in [1.165, 1.54) is 32.1 Å². The molecule has 13 heavy (non-hydrogen) atoms. The van der Waals surface area contributed by atoms with Crippen molar-refractivity contribution < 1.29 is 9.53 Å². The second-order valence-corrected chi connectivity index (χ2v) is 3.99. The van der Waals surface area contributed by atoms with Gasteiger partial charge < -0.3 is 9.53 Å². The molecule has 0 spiro atoms. The molecule has 0 amide bonds. The molecule has 1 saturated carbocycles. The molecule has 0 aromatic carbocycles. The van der Waals surface area contributed by atoms with Crippen LogP contribution in [-0.4, -0.2) is 19.5 Å². The molecule has 76 valence electrons. The summed E-state index contributed by atoms with van der Waals surface area (Å²) in [6.07, 6.45) is 9.70.